The summed E-state index contributed by atoms with van der Waals surface area (Å²) in [4.78, 5) is 11.4. The molecule has 3 heteroatoms. The van der Waals surface area contributed by atoms with Crippen LogP contribution in [0.2, 0.25) is 0 Å². The van der Waals surface area contributed by atoms with Crippen molar-refractivity contribution in [3.8, 4) is 0 Å². The Labute approximate surface area is 91.8 Å². The first-order valence-corrected chi connectivity index (χ1v) is 6.10. The zero-order valence-electron chi connectivity index (χ0n) is 9.58. The lowest BCUT2D eigenvalue weighted by Gasteiger charge is -2.20. The molecular formula is C12H22O3. The van der Waals surface area contributed by atoms with E-state index >= 15 is 0 Å². The lowest BCUT2D eigenvalue weighted by molar-refractivity contribution is -0.150. The van der Waals surface area contributed by atoms with Crippen LogP contribution in [0.25, 0.3) is 0 Å². The number of hydrogen-bond acceptors (Lipinski definition) is 3. The molecule has 0 unspecified atom stereocenters. The minimum absolute atomic E-state index is 0.0767. The Hall–Kier alpha value is -0.570. The van der Waals surface area contributed by atoms with Gasteiger partial charge in [-0.25, -0.2) is 0 Å². The van der Waals surface area contributed by atoms with Crippen molar-refractivity contribution in [2.24, 2.45) is 0 Å². The predicted octanol–water partition coefficient (Wildman–Crippen LogP) is 2.41. The van der Waals surface area contributed by atoms with E-state index in [0.29, 0.717) is 6.42 Å². The maximum absolute atomic E-state index is 11.4. The van der Waals surface area contributed by atoms with Crippen LogP contribution in [0, 0.1) is 0 Å². The lowest BCUT2D eigenvalue weighted by Crippen LogP contribution is -2.21. The number of carbonyl (C=O) groups excluding carboxylic acids is 1. The van der Waals surface area contributed by atoms with E-state index in [1.165, 1.54) is 0 Å². The Bertz CT molecular complexity index is 191. The lowest BCUT2D eigenvalue weighted by atomic mass is 10.0. The topological polar surface area (TPSA) is 46.5 Å². The van der Waals surface area contributed by atoms with Gasteiger partial charge < -0.3 is 9.84 Å². The van der Waals surface area contributed by atoms with Crippen molar-refractivity contribution in [2.45, 2.75) is 70.5 Å². The SMILES string of the molecule is CCC[C@@H]1CCC[C@H](O)CCCC(=O)O1. The van der Waals surface area contributed by atoms with Crippen molar-refractivity contribution in [3.63, 3.8) is 0 Å². The van der Waals surface area contributed by atoms with Gasteiger partial charge in [0, 0.05) is 6.42 Å². The van der Waals surface area contributed by atoms with Crippen molar-refractivity contribution in [1.82, 2.24) is 0 Å². The van der Waals surface area contributed by atoms with Gasteiger partial charge in [-0.15, -0.1) is 0 Å². The third-order valence-corrected chi connectivity index (χ3v) is 2.89. The van der Waals surface area contributed by atoms with E-state index in [4.69, 9.17) is 4.74 Å². The molecule has 0 aromatic heterocycles. The third-order valence-electron chi connectivity index (χ3n) is 2.89. The van der Waals surface area contributed by atoms with E-state index in [1.54, 1.807) is 0 Å². The van der Waals surface area contributed by atoms with Gasteiger partial charge in [0.05, 0.1) is 6.10 Å². The van der Waals surface area contributed by atoms with E-state index in [1.807, 2.05) is 0 Å². The van der Waals surface area contributed by atoms with E-state index in [-0.39, 0.29) is 18.2 Å². The number of carbonyl (C=O) groups is 1. The molecule has 0 saturated carbocycles. The van der Waals surface area contributed by atoms with Gasteiger partial charge in [-0.2, -0.15) is 0 Å². The smallest absolute Gasteiger partial charge is 0.306 e. The normalized spacial score (nSPS) is 29.6. The van der Waals surface area contributed by atoms with E-state index < -0.39 is 0 Å². The molecule has 1 fully saturated rings. The number of ether oxygens (including phenoxy) is 1. The van der Waals surface area contributed by atoms with Crippen LogP contribution in [0.1, 0.15) is 58.3 Å². The largest absolute Gasteiger partial charge is 0.462 e. The van der Waals surface area contributed by atoms with E-state index in [2.05, 4.69) is 6.92 Å². The van der Waals surface area contributed by atoms with Crippen LogP contribution >= 0.6 is 0 Å². The Morgan fingerprint density at radius 2 is 2.07 bits per heavy atom. The van der Waals surface area contributed by atoms with Crippen molar-refractivity contribution in [3.05, 3.63) is 0 Å². The summed E-state index contributed by atoms with van der Waals surface area (Å²) in [6.07, 6.45) is 6.48. The van der Waals surface area contributed by atoms with Gasteiger partial charge in [0.25, 0.3) is 0 Å². The summed E-state index contributed by atoms with van der Waals surface area (Å²) in [7, 11) is 0. The first-order chi connectivity index (χ1) is 7.22. The van der Waals surface area contributed by atoms with Crippen LogP contribution < -0.4 is 0 Å². The number of rotatable bonds is 2. The molecule has 0 aliphatic carbocycles. The summed E-state index contributed by atoms with van der Waals surface area (Å²) >= 11 is 0. The highest BCUT2D eigenvalue weighted by molar-refractivity contribution is 5.69. The Balaban J connectivity index is 2.41. The van der Waals surface area contributed by atoms with E-state index in [9.17, 15) is 9.90 Å². The second-order valence-electron chi connectivity index (χ2n) is 4.38. The maximum atomic E-state index is 11.4. The monoisotopic (exact) mass is 214 g/mol. The first-order valence-electron chi connectivity index (χ1n) is 6.10. The summed E-state index contributed by atoms with van der Waals surface area (Å²) in [5.41, 5.74) is 0. The molecule has 0 amide bonds. The number of esters is 1. The van der Waals surface area contributed by atoms with Gasteiger partial charge in [-0.3, -0.25) is 4.79 Å². The Morgan fingerprint density at radius 1 is 1.33 bits per heavy atom. The molecule has 15 heavy (non-hydrogen) atoms. The summed E-state index contributed by atoms with van der Waals surface area (Å²) in [5, 5.41) is 9.58. The van der Waals surface area contributed by atoms with E-state index in [0.717, 1.165) is 44.9 Å². The Morgan fingerprint density at radius 3 is 2.80 bits per heavy atom. The first kappa shape index (κ1) is 12.5. The van der Waals surface area contributed by atoms with Crippen LogP contribution in [0.15, 0.2) is 0 Å². The van der Waals surface area contributed by atoms with Crippen molar-refractivity contribution in [1.29, 1.82) is 0 Å². The molecule has 1 rings (SSSR count). The van der Waals surface area contributed by atoms with Gasteiger partial charge in [-0.1, -0.05) is 13.3 Å². The molecule has 1 heterocycles. The van der Waals surface area contributed by atoms with Crippen molar-refractivity contribution < 1.29 is 14.6 Å². The van der Waals surface area contributed by atoms with Crippen molar-refractivity contribution in [2.75, 3.05) is 0 Å². The van der Waals surface area contributed by atoms with Gasteiger partial charge in [0.15, 0.2) is 0 Å². The van der Waals surface area contributed by atoms with Gasteiger partial charge in [0.1, 0.15) is 6.10 Å². The van der Waals surface area contributed by atoms with Gasteiger partial charge in [-0.05, 0) is 38.5 Å². The summed E-state index contributed by atoms with van der Waals surface area (Å²) in [6.45, 7) is 2.10. The molecule has 0 spiro atoms. The van der Waals surface area contributed by atoms with Gasteiger partial charge >= 0.3 is 5.97 Å². The summed E-state index contributed by atoms with van der Waals surface area (Å²) in [6, 6.07) is 0. The molecule has 1 N–H and O–H groups in total. The van der Waals surface area contributed by atoms with Gasteiger partial charge in [0.2, 0.25) is 0 Å². The molecule has 1 aliphatic heterocycles. The minimum Gasteiger partial charge on any atom is -0.462 e. The van der Waals surface area contributed by atoms with Crippen LogP contribution in [-0.4, -0.2) is 23.3 Å². The second kappa shape index (κ2) is 6.83. The molecular weight excluding hydrogens is 192 g/mol. The van der Waals surface area contributed by atoms with Crippen LogP contribution in [0.5, 0.6) is 0 Å². The van der Waals surface area contributed by atoms with Crippen molar-refractivity contribution >= 4 is 5.97 Å². The molecule has 3 nitrogen and oxygen atoms in total. The second-order valence-corrected chi connectivity index (χ2v) is 4.38. The van der Waals surface area contributed by atoms with Crippen LogP contribution in [0.4, 0.5) is 0 Å². The standard InChI is InChI=1S/C12H22O3/c1-2-5-11-8-3-6-10(13)7-4-9-12(14)15-11/h10-11,13H,2-9H2,1H3/t10-,11+/m0/s1. The molecule has 2 atom stereocenters. The molecule has 1 aliphatic rings. The molecule has 0 aromatic rings. The summed E-state index contributed by atoms with van der Waals surface area (Å²) in [5.74, 6) is -0.0949. The summed E-state index contributed by atoms with van der Waals surface area (Å²) < 4.78 is 5.38. The van der Waals surface area contributed by atoms with Crippen LogP contribution in [0.3, 0.4) is 0 Å². The molecule has 0 aromatic carbocycles. The highest BCUT2D eigenvalue weighted by Crippen LogP contribution is 2.17. The Kier molecular flexibility index (Phi) is 5.69. The average Bonchev–Trinajstić information content (AvgIpc) is 2.17. The quantitative estimate of drug-likeness (QED) is 0.718. The number of cyclic esters (lactones) is 1. The molecule has 1 saturated heterocycles. The fourth-order valence-corrected chi connectivity index (χ4v) is 2.04. The minimum atomic E-state index is -0.224. The maximum Gasteiger partial charge on any atom is 0.306 e. The fraction of sp³-hybridized carbons (Fsp3) is 0.917. The molecule has 0 bridgehead atoms. The number of hydrogen-bond donors (Lipinski definition) is 1. The zero-order chi connectivity index (χ0) is 11.1. The average molecular weight is 214 g/mol. The molecule has 88 valence electrons. The third kappa shape index (κ3) is 5.17. The zero-order valence-corrected chi connectivity index (χ0v) is 9.58. The fourth-order valence-electron chi connectivity index (χ4n) is 2.04. The molecule has 0 radical (unpaired) electrons. The highest BCUT2D eigenvalue weighted by atomic mass is 16.5. The predicted molar refractivity (Wildman–Crippen MR) is 58.5 cm³/mol. The highest BCUT2D eigenvalue weighted by Gasteiger charge is 2.16. The van der Waals surface area contributed by atoms with Crippen LogP contribution in [-0.2, 0) is 9.53 Å². The number of aliphatic hydroxyl groups excluding tert-OH is 1. The number of aliphatic hydroxyl groups is 1.